The van der Waals surface area contributed by atoms with Gasteiger partial charge in [0.1, 0.15) is 6.67 Å². The summed E-state index contributed by atoms with van der Waals surface area (Å²) in [6.45, 7) is -0.866. The maximum atomic E-state index is 12.5. The van der Waals surface area contributed by atoms with Crippen LogP contribution in [-0.2, 0) is 0 Å². The largest absolute Gasteiger partial charge is 0.394 e. The predicted octanol–water partition coefficient (Wildman–Crippen LogP) is 2.29. The molecule has 110 valence electrons. The molecular formula is C16H17FN2O2. The molecule has 1 unspecified atom stereocenters. The van der Waals surface area contributed by atoms with Crippen LogP contribution in [0, 0.1) is 0 Å². The van der Waals surface area contributed by atoms with Crippen LogP contribution in [0.3, 0.4) is 0 Å². The maximum Gasteiger partial charge on any atom is 0.247 e. The molecule has 0 radical (unpaired) electrons. The number of aliphatic hydroxyl groups is 1. The van der Waals surface area contributed by atoms with E-state index in [1.54, 1.807) is 12.3 Å². The van der Waals surface area contributed by atoms with E-state index in [2.05, 4.69) is 10.3 Å². The summed E-state index contributed by atoms with van der Waals surface area (Å²) in [7, 11) is 0. The second-order valence-electron chi connectivity index (χ2n) is 4.62. The van der Waals surface area contributed by atoms with E-state index in [4.69, 9.17) is 5.11 Å². The lowest BCUT2D eigenvalue weighted by molar-refractivity contribution is 0.252. The Morgan fingerprint density at radius 1 is 1.14 bits per heavy atom. The van der Waals surface area contributed by atoms with Crippen molar-refractivity contribution in [3.63, 3.8) is 0 Å². The molecule has 1 heterocycles. The van der Waals surface area contributed by atoms with Gasteiger partial charge >= 0.3 is 0 Å². The maximum absolute atomic E-state index is 12.5. The minimum absolute atomic E-state index is 0.131. The molecule has 1 aromatic heterocycles. The Labute approximate surface area is 122 Å². The van der Waals surface area contributed by atoms with Crippen LogP contribution < -0.4 is 10.9 Å². The van der Waals surface area contributed by atoms with Crippen molar-refractivity contribution in [1.29, 1.82) is 0 Å². The lowest BCUT2D eigenvalue weighted by atomic mass is 10.1. The highest BCUT2D eigenvalue weighted by atomic mass is 19.1. The van der Waals surface area contributed by atoms with Gasteiger partial charge in [-0.25, -0.2) is 4.39 Å². The molecule has 4 nitrogen and oxygen atoms in total. The zero-order valence-corrected chi connectivity index (χ0v) is 11.4. The van der Waals surface area contributed by atoms with Crippen LogP contribution >= 0.6 is 0 Å². The summed E-state index contributed by atoms with van der Waals surface area (Å²) in [6, 6.07) is 10.0. The number of H-pyrrole nitrogens is 1. The number of anilines is 1. The van der Waals surface area contributed by atoms with E-state index in [9.17, 15) is 9.18 Å². The Morgan fingerprint density at radius 3 is 2.38 bits per heavy atom. The molecule has 21 heavy (non-hydrogen) atoms. The van der Waals surface area contributed by atoms with Crippen molar-refractivity contribution in [1.82, 2.24) is 4.98 Å². The standard InChI is InChI=1S/C16H17FN2O2/c17-9-15(11-20)19-14-6-3-12(4-7-14)1-2-13-5-8-16(21)18-10-13/h1-8,10,15,19-20H,9,11H2,(H,18,21). The average Bonchev–Trinajstić information content (AvgIpc) is 2.53. The molecule has 0 aliphatic carbocycles. The monoisotopic (exact) mass is 288 g/mol. The first-order valence-corrected chi connectivity index (χ1v) is 6.61. The highest BCUT2D eigenvalue weighted by Gasteiger charge is 2.05. The summed E-state index contributed by atoms with van der Waals surface area (Å²) < 4.78 is 12.5. The fourth-order valence-corrected chi connectivity index (χ4v) is 1.78. The molecule has 0 saturated carbocycles. The van der Waals surface area contributed by atoms with Crippen molar-refractivity contribution >= 4 is 17.8 Å². The number of alkyl halides is 1. The van der Waals surface area contributed by atoms with Crippen LogP contribution in [0.5, 0.6) is 0 Å². The van der Waals surface area contributed by atoms with Crippen LogP contribution in [0.15, 0.2) is 47.4 Å². The van der Waals surface area contributed by atoms with Crippen LogP contribution in [0.4, 0.5) is 10.1 Å². The molecule has 1 aromatic carbocycles. The smallest absolute Gasteiger partial charge is 0.247 e. The van der Waals surface area contributed by atoms with Gasteiger partial charge in [0.05, 0.1) is 12.6 Å². The zero-order valence-electron chi connectivity index (χ0n) is 11.4. The highest BCUT2D eigenvalue weighted by molar-refractivity contribution is 5.70. The third-order valence-electron chi connectivity index (χ3n) is 2.96. The fraction of sp³-hybridized carbons (Fsp3) is 0.188. The molecule has 0 aliphatic rings. The van der Waals surface area contributed by atoms with E-state index in [0.29, 0.717) is 0 Å². The van der Waals surface area contributed by atoms with Gasteiger partial charge in [-0.15, -0.1) is 0 Å². The molecule has 0 aliphatic heterocycles. The third kappa shape index (κ3) is 4.57. The number of hydrogen-bond acceptors (Lipinski definition) is 3. The summed E-state index contributed by atoms with van der Waals surface area (Å²) in [4.78, 5) is 13.5. The summed E-state index contributed by atoms with van der Waals surface area (Å²) in [5, 5.41) is 11.8. The lowest BCUT2D eigenvalue weighted by Crippen LogP contribution is -2.25. The third-order valence-corrected chi connectivity index (χ3v) is 2.96. The van der Waals surface area contributed by atoms with Crippen molar-refractivity contribution in [2.45, 2.75) is 6.04 Å². The Balaban J connectivity index is 2.02. The molecule has 1 atom stereocenters. The quantitative estimate of drug-likeness (QED) is 0.764. The van der Waals surface area contributed by atoms with E-state index < -0.39 is 12.7 Å². The van der Waals surface area contributed by atoms with Crippen LogP contribution in [0.25, 0.3) is 12.2 Å². The lowest BCUT2D eigenvalue weighted by Gasteiger charge is -2.13. The first kappa shape index (κ1) is 15.0. The number of pyridine rings is 1. The topological polar surface area (TPSA) is 65.1 Å². The minimum Gasteiger partial charge on any atom is -0.394 e. The van der Waals surface area contributed by atoms with E-state index in [-0.39, 0.29) is 12.2 Å². The van der Waals surface area contributed by atoms with Crippen molar-refractivity contribution in [3.05, 3.63) is 64.1 Å². The Hall–Kier alpha value is -2.40. The summed E-state index contributed by atoms with van der Waals surface area (Å²) in [5.74, 6) is 0. The number of benzene rings is 1. The van der Waals surface area contributed by atoms with Crippen molar-refractivity contribution < 1.29 is 9.50 Å². The van der Waals surface area contributed by atoms with Gasteiger partial charge in [-0.1, -0.05) is 24.3 Å². The average molecular weight is 288 g/mol. The number of hydrogen-bond donors (Lipinski definition) is 3. The second kappa shape index (κ2) is 7.40. The van der Waals surface area contributed by atoms with Crippen molar-refractivity contribution in [3.8, 4) is 0 Å². The zero-order chi connectivity index (χ0) is 15.1. The normalized spacial score (nSPS) is 12.5. The molecule has 0 fully saturated rings. The van der Waals surface area contributed by atoms with Crippen LogP contribution in [-0.4, -0.2) is 29.4 Å². The van der Waals surface area contributed by atoms with Crippen LogP contribution in [0.1, 0.15) is 11.1 Å². The number of aromatic nitrogens is 1. The van der Waals surface area contributed by atoms with E-state index >= 15 is 0 Å². The Bertz CT molecular complexity index is 626. The van der Waals surface area contributed by atoms with Crippen molar-refractivity contribution in [2.75, 3.05) is 18.6 Å². The molecule has 3 N–H and O–H groups in total. The molecule has 0 saturated heterocycles. The van der Waals surface area contributed by atoms with Gasteiger partial charge in [0, 0.05) is 18.0 Å². The summed E-state index contributed by atoms with van der Waals surface area (Å²) in [6.07, 6.45) is 5.44. The van der Waals surface area contributed by atoms with Crippen molar-refractivity contribution in [2.24, 2.45) is 0 Å². The predicted molar refractivity (Wildman–Crippen MR) is 82.9 cm³/mol. The molecule has 0 amide bonds. The molecule has 2 rings (SSSR count). The second-order valence-corrected chi connectivity index (χ2v) is 4.62. The first-order valence-electron chi connectivity index (χ1n) is 6.61. The first-order chi connectivity index (χ1) is 10.2. The molecule has 5 heteroatoms. The molecule has 2 aromatic rings. The number of halogens is 1. The molecule has 0 spiro atoms. The van der Waals surface area contributed by atoms with Gasteiger partial charge in [0.25, 0.3) is 0 Å². The van der Waals surface area contributed by atoms with Gasteiger partial charge in [-0.3, -0.25) is 4.79 Å². The van der Waals surface area contributed by atoms with Gasteiger partial charge < -0.3 is 15.4 Å². The van der Waals surface area contributed by atoms with Gasteiger partial charge in [-0.2, -0.15) is 0 Å². The van der Waals surface area contributed by atoms with E-state index in [0.717, 1.165) is 16.8 Å². The summed E-state index contributed by atoms with van der Waals surface area (Å²) in [5.41, 5.74) is 2.50. The van der Waals surface area contributed by atoms with Gasteiger partial charge in [-0.05, 0) is 29.3 Å². The highest BCUT2D eigenvalue weighted by Crippen LogP contribution is 2.13. The minimum atomic E-state index is -0.621. The number of aromatic amines is 1. The Morgan fingerprint density at radius 2 is 1.81 bits per heavy atom. The number of nitrogens with one attached hydrogen (secondary N) is 2. The molecule has 0 bridgehead atoms. The summed E-state index contributed by atoms with van der Waals surface area (Å²) >= 11 is 0. The van der Waals surface area contributed by atoms with Crippen LogP contribution in [0.2, 0.25) is 0 Å². The Kier molecular flexibility index (Phi) is 5.29. The fourth-order valence-electron chi connectivity index (χ4n) is 1.78. The van der Waals surface area contributed by atoms with E-state index in [1.807, 2.05) is 36.4 Å². The number of aliphatic hydroxyl groups excluding tert-OH is 1. The molecular weight excluding hydrogens is 271 g/mol. The SMILES string of the molecule is O=c1ccc(C=Cc2ccc(NC(CO)CF)cc2)c[nH]1. The van der Waals surface area contributed by atoms with Gasteiger partial charge in [0.15, 0.2) is 0 Å². The van der Waals surface area contributed by atoms with E-state index in [1.165, 1.54) is 6.07 Å². The number of rotatable bonds is 6. The van der Waals surface area contributed by atoms with Gasteiger partial charge in [0.2, 0.25) is 5.56 Å².